The van der Waals surface area contributed by atoms with Crippen LogP contribution in [0, 0.1) is 6.92 Å². The fourth-order valence-corrected chi connectivity index (χ4v) is 3.56. The Balaban J connectivity index is 1.77. The molecule has 0 aliphatic rings. The molecule has 3 rings (SSSR count). The predicted octanol–water partition coefficient (Wildman–Crippen LogP) is 4.53. The number of nitrogens with two attached hydrogens (primary N) is 1. The van der Waals surface area contributed by atoms with Gasteiger partial charge in [0.15, 0.2) is 0 Å². The highest BCUT2D eigenvalue weighted by molar-refractivity contribution is 7.89. The lowest BCUT2D eigenvalue weighted by Crippen LogP contribution is -2.14. The summed E-state index contributed by atoms with van der Waals surface area (Å²) in [5.74, 6) is 0.909. The summed E-state index contributed by atoms with van der Waals surface area (Å²) in [5.41, 5.74) is 2.44. The molecule has 3 aromatic carbocycles. The minimum Gasteiger partial charge on any atom is -0.493 e. The van der Waals surface area contributed by atoms with Gasteiger partial charge in [0.2, 0.25) is 10.0 Å². The third-order valence-corrected chi connectivity index (χ3v) is 5.94. The maximum atomic E-state index is 12.7. The minimum atomic E-state index is -3.80. The number of halogens is 1. The molecule has 0 bridgehead atoms. The Morgan fingerprint density at radius 2 is 1.75 bits per heavy atom. The molecule has 7 nitrogen and oxygen atoms in total. The highest BCUT2D eigenvalue weighted by Crippen LogP contribution is 2.26. The largest absolute Gasteiger partial charge is 0.493 e. The summed E-state index contributed by atoms with van der Waals surface area (Å²) in [4.78, 5) is 12.7. The van der Waals surface area contributed by atoms with Crippen molar-refractivity contribution in [3.8, 4) is 11.5 Å². The van der Waals surface area contributed by atoms with Crippen LogP contribution in [-0.2, 0) is 16.6 Å². The second-order valence-corrected chi connectivity index (χ2v) is 8.95. The van der Waals surface area contributed by atoms with Crippen LogP contribution in [0.15, 0.2) is 65.6 Å². The van der Waals surface area contributed by atoms with Crippen LogP contribution in [0.3, 0.4) is 0 Å². The lowest BCUT2D eigenvalue weighted by atomic mass is 10.1. The van der Waals surface area contributed by atoms with Crippen LogP contribution >= 0.6 is 11.6 Å². The first-order chi connectivity index (χ1) is 15.2. The summed E-state index contributed by atoms with van der Waals surface area (Å²) >= 11 is 6.06. The molecule has 1 amide bonds. The average Bonchev–Trinajstić information content (AvgIpc) is 2.75. The van der Waals surface area contributed by atoms with E-state index < -0.39 is 10.0 Å². The van der Waals surface area contributed by atoms with E-state index in [1.807, 2.05) is 19.9 Å². The molecule has 0 fully saturated rings. The zero-order valence-electron chi connectivity index (χ0n) is 17.6. The highest BCUT2D eigenvalue weighted by atomic mass is 35.5. The summed E-state index contributed by atoms with van der Waals surface area (Å²) in [5, 5.41) is 8.48. The lowest BCUT2D eigenvalue weighted by Gasteiger charge is -2.14. The average molecular weight is 475 g/mol. The van der Waals surface area contributed by atoms with Gasteiger partial charge in [0.05, 0.1) is 11.5 Å². The number of carbonyl (C=O) groups is 1. The normalized spacial score (nSPS) is 11.1. The standard InChI is InChI=1S/C23H23ClN2O5S/c1-3-30-22-11-4-16(13-17(22)14-31-19-7-10-21(24)15(2)12-19)23(27)26-18-5-8-20(9-6-18)32(25,28)29/h4-13H,3,14H2,1-2H3,(H,26,27)(H2,25,28,29). The first-order valence-electron chi connectivity index (χ1n) is 9.76. The van der Waals surface area contributed by atoms with Crippen molar-refractivity contribution in [3.63, 3.8) is 0 Å². The molecule has 0 atom stereocenters. The monoisotopic (exact) mass is 474 g/mol. The molecule has 0 saturated carbocycles. The number of ether oxygens (including phenoxy) is 2. The molecule has 0 unspecified atom stereocenters. The second-order valence-electron chi connectivity index (χ2n) is 6.98. The number of benzene rings is 3. The van der Waals surface area contributed by atoms with Crippen molar-refractivity contribution < 1.29 is 22.7 Å². The number of hydrogen-bond acceptors (Lipinski definition) is 5. The van der Waals surface area contributed by atoms with Crippen molar-refractivity contribution in [1.82, 2.24) is 0 Å². The van der Waals surface area contributed by atoms with Gasteiger partial charge in [-0.05, 0) is 80.1 Å². The predicted molar refractivity (Wildman–Crippen MR) is 124 cm³/mol. The Labute approximate surface area is 192 Å². The Kier molecular flexibility index (Phi) is 7.40. The third kappa shape index (κ3) is 6.00. The number of rotatable bonds is 8. The quantitative estimate of drug-likeness (QED) is 0.498. The maximum absolute atomic E-state index is 12.7. The molecule has 9 heteroatoms. The zero-order valence-corrected chi connectivity index (χ0v) is 19.2. The molecule has 0 aliphatic carbocycles. The van der Waals surface area contributed by atoms with Crippen molar-refractivity contribution in [2.75, 3.05) is 11.9 Å². The Hall–Kier alpha value is -3.07. The first-order valence-corrected chi connectivity index (χ1v) is 11.7. The summed E-state index contributed by atoms with van der Waals surface area (Å²) in [6.07, 6.45) is 0. The van der Waals surface area contributed by atoms with E-state index in [4.69, 9.17) is 26.2 Å². The van der Waals surface area contributed by atoms with E-state index in [2.05, 4.69) is 5.32 Å². The molecule has 0 saturated heterocycles. The molecule has 0 aliphatic heterocycles. The van der Waals surface area contributed by atoms with Crippen molar-refractivity contribution >= 4 is 33.2 Å². The van der Waals surface area contributed by atoms with Gasteiger partial charge in [-0.15, -0.1) is 0 Å². The molecule has 0 radical (unpaired) electrons. The van der Waals surface area contributed by atoms with Gasteiger partial charge >= 0.3 is 0 Å². The highest BCUT2D eigenvalue weighted by Gasteiger charge is 2.13. The van der Waals surface area contributed by atoms with Gasteiger partial charge in [0, 0.05) is 21.8 Å². The van der Waals surface area contributed by atoms with Crippen molar-refractivity contribution in [1.29, 1.82) is 0 Å². The second kappa shape index (κ2) is 10.0. The van der Waals surface area contributed by atoms with E-state index in [1.165, 1.54) is 24.3 Å². The molecule has 3 aromatic rings. The van der Waals surface area contributed by atoms with Crippen LogP contribution in [0.5, 0.6) is 11.5 Å². The Morgan fingerprint density at radius 3 is 2.38 bits per heavy atom. The molecular formula is C23H23ClN2O5S. The topological polar surface area (TPSA) is 108 Å². The molecule has 32 heavy (non-hydrogen) atoms. The summed E-state index contributed by atoms with van der Waals surface area (Å²) in [6, 6.07) is 16.0. The summed E-state index contributed by atoms with van der Waals surface area (Å²) in [6.45, 7) is 4.43. The number of anilines is 1. The van der Waals surface area contributed by atoms with Gasteiger partial charge in [-0.1, -0.05) is 11.6 Å². The van der Waals surface area contributed by atoms with Crippen LogP contribution in [0.2, 0.25) is 5.02 Å². The number of sulfonamides is 1. The molecule has 168 valence electrons. The number of nitrogens with one attached hydrogen (secondary N) is 1. The van der Waals surface area contributed by atoms with E-state index in [0.29, 0.717) is 39.9 Å². The molecule has 0 heterocycles. The minimum absolute atomic E-state index is 0.0339. The number of amides is 1. The van der Waals surface area contributed by atoms with Gasteiger partial charge in [-0.3, -0.25) is 4.79 Å². The van der Waals surface area contributed by atoms with Gasteiger partial charge in [-0.2, -0.15) is 0 Å². The van der Waals surface area contributed by atoms with Crippen LogP contribution in [0.4, 0.5) is 5.69 Å². The third-order valence-electron chi connectivity index (χ3n) is 4.59. The SMILES string of the molecule is CCOc1ccc(C(=O)Nc2ccc(S(N)(=O)=O)cc2)cc1COc1ccc(Cl)c(C)c1. The number of carbonyl (C=O) groups excluding carboxylic acids is 1. The lowest BCUT2D eigenvalue weighted by molar-refractivity contribution is 0.102. The van der Waals surface area contributed by atoms with Crippen LogP contribution in [-0.4, -0.2) is 20.9 Å². The van der Waals surface area contributed by atoms with Gasteiger partial charge < -0.3 is 14.8 Å². The van der Waals surface area contributed by atoms with Crippen LogP contribution in [0.1, 0.15) is 28.4 Å². The van der Waals surface area contributed by atoms with E-state index in [9.17, 15) is 13.2 Å². The molecule has 0 aromatic heterocycles. The van der Waals surface area contributed by atoms with E-state index in [0.717, 1.165) is 5.56 Å². The molecule has 0 spiro atoms. The molecule has 3 N–H and O–H groups in total. The van der Waals surface area contributed by atoms with Gasteiger partial charge in [-0.25, -0.2) is 13.6 Å². The first kappa shape index (κ1) is 23.6. The maximum Gasteiger partial charge on any atom is 0.255 e. The van der Waals surface area contributed by atoms with E-state index >= 15 is 0 Å². The van der Waals surface area contributed by atoms with E-state index in [1.54, 1.807) is 30.3 Å². The molecular weight excluding hydrogens is 452 g/mol. The summed E-state index contributed by atoms with van der Waals surface area (Å²) < 4.78 is 34.3. The number of hydrogen-bond donors (Lipinski definition) is 2. The van der Waals surface area contributed by atoms with E-state index in [-0.39, 0.29) is 17.4 Å². The summed E-state index contributed by atoms with van der Waals surface area (Å²) in [7, 11) is -3.80. The van der Waals surface area contributed by atoms with Gasteiger partial charge in [0.25, 0.3) is 5.91 Å². The fourth-order valence-electron chi connectivity index (χ4n) is 2.93. The van der Waals surface area contributed by atoms with Gasteiger partial charge in [0.1, 0.15) is 18.1 Å². The van der Waals surface area contributed by atoms with Crippen LogP contribution < -0.4 is 19.9 Å². The number of aryl methyl sites for hydroxylation is 1. The van der Waals surface area contributed by atoms with Crippen LogP contribution in [0.25, 0.3) is 0 Å². The zero-order chi connectivity index (χ0) is 23.3. The number of primary sulfonamides is 1. The van der Waals surface area contributed by atoms with Crippen molar-refractivity contribution in [3.05, 3.63) is 82.4 Å². The smallest absolute Gasteiger partial charge is 0.255 e. The van der Waals surface area contributed by atoms with Crippen molar-refractivity contribution in [2.24, 2.45) is 5.14 Å². The Bertz CT molecular complexity index is 1230. The Morgan fingerprint density at radius 1 is 1.03 bits per heavy atom. The van der Waals surface area contributed by atoms with Crippen molar-refractivity contribution in [2.45, 2.75) is 25.3 Å². The fraction of sp³-hybridized carbons (Fsp3) is 0.174.